The Morgan fingerprint density at radius 3 is 2.42 bits per heavy atom. The number of carbonyl (C=O) groups is 1. The average molecular weight is 184 g/mol. The monoisotopic (exact) mass is 184 g/mol. The van der Waals surface area contributed by atoms with E-state index in [0.717, 1.165) is 0 Å². The number of hydrogen-bond acceptors (Lipinski definition) is 2. The van der Waals surface area contributed by atoms with Crippen LogP contribution in [0.1, 0.15) is 12.8 Å². The van der Waals surface area contributed by atoms with Gasteiger partial charge in [-0.15, -0.1) is 5.54 Å². The van der Waals surface area contributed by atoms with Crippen LogP contribution >= 0.6 is 0 Å². The summed E-state index contributed by atoms with van der Waals surface area (Å²) >= 11 is 0. The topological polar surface area (TPSA) is 37.3 Å². The van der Waals surface area contributed by atoms with E-state index in [1.807, 2.05) is 0 Å². The van der Waals surface area contributed by atoms with Crippen LogP contribution < -0.4 is 0 Å². The standard InChI is InChI=1S/C9H16O2Si/c1-12(2,3)8-6-9(11)5-4-7-10/h10H,4-5,7H2,1-3H3. The molecule has 1 N–H and O–H groups in total. The molecule has 0 aliphatic heterocycles. The Kier molecular flexibility index (Phi) is 4.87. The predicted octanol–water partition coefficient (Wildman–Crippen LogP) is 1.21. The smallest absolute Gasteiger partial charge is 0.204 e. The van der Waals surface area contributed by atoms with Crippen molar-refractivity contribution in [3.63, 3.8) is 0 Å². The number of aliphatic hydroxyl groups excluding tert-OH is 1. The van der Waals surface area contributed by atoms with Gasteiger partial charge >= 0.3 is 0 Å². The van der Waals surface area contributed by atoms with E-state index in [9.17, 15) is 4.79 Å². The third-order valence-electron chi connectivity index (χ3n) is 1.14. The van der Waals surface area contributed by atoms with Gasteiger partial charge in [0.2, 0.25) is 5.78 Å². The fraction of sp³-hybridized carbons (Fsp3) is 0.667. The lowest BCUT2D eigenvalue weighted by Crippen LogP contribution is -2.17. The van der Waals surface area contributed by atoms with Gasteiger partial charge in [-0.1, -0.05) is 19.6 Å². The Bertz CT molecular complexity index is 205. The molecule has 0 amide bonds. The van der Waals surface area contributed by atoms with E-state index in [-0.39, 0.29) is 12.4 Å². The number of ketones is 1. The lowest BCUT2D eigenvalue weighted by atomic mass is 10.2. The van der Waals surface area contributed by atoms with Gasteiger partial charge in [0.05, 0.1) is 0 Å². The van der Waals surface area contributed by atoms with Crippen molar-refractivity contribution in [3.05, 3.63) is 0 Å². The lowest BCUT2D eigenvalue weighted by Gasteiger charge is -2.02. The summed E-state index contributed by atoms with van der Waals surface area (Å²) < 4.78 is 0. The first-order chi connectivity index (χ1) is 5.45. The molecule has 0 saturated heterocycles. The zero-order chi connectivity index (χ0) is 9.61. The highest BCUT2D eigenvalue weighted by Gasteiger charge is 2.08. The molecular weight excluding hydrogens is 168 g/mol. The maximum atomic E-state index is 11.0. The van der Waals surface area contributed by atoms with Crippen LogP contribution in [0.2, 0.25) is 19.6 Å². The second-order valence-corrected chi connectivity index (χ2v) is 8.50. The van der Waals surface area contributed by atoms with Crippen LogP contribution in [0.25, 0.3) is 0 Å². The van der Waals surface area contributed by atoms with Gasteiger partial charge in [-0.05, 0) is 12.3 Å². The number of hydrogen-bond donors (Lipinski definition) is 1. The van der Waals surface area contributed by atoms with Crippen LogP contribution in [0, 0.1) is 11.5 Å². The summed E-state index contributed by atoms with van der Waals surface area (Å²) in [5.41, 5.74) is 2.99. The van der Waals surface area contributed by atoms with Gasteiger partial charge in [0.25, 0.3) is 0 Å². The normalized spacial score (nSPS) is 10.3. The third-order valence-corrected chi connectivity index (χ3v) is 2.01. The molecule has 3 heteroatoms. The fourth-order valence-electron chi connectivity index (χ4n) is 0.559. The second-order valence-electron chi connectivity index (χ2n) is 3.75. The molecule has 0 heterocycles. The molecule has 0 bridgehead atoms. The first-order valence-electron chi connectivity index (χ1n) is 4.12. The van der Waals surface area contributed by atoms with Crippen molar-refractivity contribution in [3.8, 4) is 11.5 Å². The summed E-state index contributed by atoms with van der Waals surface area (Å²) in [4.78, 5) is 11.0. The quantitative estimate of drug-likeness (QED) is 0.529. The number of aliphatic hydroxyl groups is 1. The molecule has 0 spiro atoms. The summed E-state index contributed by atoms with van der Waals surface area (Å²) in [7, 11) is -1.40. The lowest BCUT2D eigenvalue weighted by molar-refractivity contribution is -0.114. The minimum Gasteiger partial charge on any atom is -0.396 e. The van der Waals surface area contributed by atoms with Crippen molar-refractivity contribution >= 4 is 13.9 Å². The largest absolute Gasteiger partial charge is 0.396 e. The molecule has 0 aliphatic carbocycles. The molecule has 0 fully saturated rings. The molecule has 0 atom stereocenters. The molecule has 68 valence electrons. The summed E-state index contributed by atoms with van der Waals surface area (Å²) in [6.07, 6.45) is 0.910. The van der Waals surface area contributed by atoms with E-state index >= 15 is 0 Å². The molecule has 0 aromatic heterocycles. The van der Waals surface area contributed by atoms with E-state index in [1.165, 1.54) is 0 Å². The van der Waals surface area contributed by atoms with Crippen molar-refractivity contribution in [1.29, 1.82) is 0 Å². The maximum absolute atomic E-state index is 11.0. The number of Topliss-reactive ketones (excluding diaryl/α,β-unsaturated/α-hetero) is 1. The third kappa shape index (κ3) is 7.51. The van der Waals surface area contributed by atoms with E-state index < -0.39 is 8.07 Å². The Labute approximate surface area is 75.0 Å². The van der Waals surface area contributed by atoms with E-state index in [0.29, 0.717) is 12.8 Å². The second kappa shape index (κ2) is 5.12. The number of carbonyl (C=O) groups excluding carboxylic acids is 1. The van der Waals surface area contributed by atoms with Crippen molar-refractivity contribution in [2.45, 2.75) is 32.5 Å². The van der Waals surface area contributed by atoms with Gasteiger partial charge in [0, 0.05) is 13.0 Å². The van der Waals surface area contributed by atoms with Crippen LogP contribution in [-0.4, -0.2) is 25.6 Å². The summed E-state index contributed by atoms with van der Waals surface area (Å²) in [6.45, 7) is 6.36. The minimum atomic E-state index is -1.40. The van der Waals surface area contributed by atoms with Crippen LogP contribution in [0.15, 0.2) is 0 Å². The highest BCUT2D eigenvalue weighted by molar-refractivity contribution is 6.84. The SMILES string of the molecule is C[Si](C)(C)C#CC(=O)CCCO. The molecular formula is C9H16O2Si. The first kappa shape index (κ1) is 11.4. The van der Waals surface area contributed by atoms with Crippen molar-refractivity contribution in [2.24, 2.45) is 0 Å². The van der Waals surface area contributed by atoms with Crippen LogP contribution in [0.3, 0.4) is 0 Å². The zero-order valence-corrected chi connectivity index (χ0v) is 8.98. The molecule has 0 unspecified atom stereocenters. The molecule has 0 aromatic carbocycles. The summed E-state index contributed by atoms with van der Waals surface area (Å²) in [5.74, 6) is 2.57. The molecule has 0 aromatic rings. The molecule has 0 radical (unpaired) electrons. The Balaban J connectivity index is 3.88. The molecule has 0 saturated carbocycles. The average Bonchev–Trinajstić information content (AvgIpc) is 1.95. The molecule has 0 rings (SSSR count). The van der Waals surface area contributed by atoms with Gasteiger partial charge in [-0.2, -0.15) is 0 Å². The summed E-state index contributed by atoms with van der Waals surface area (Å²) in [5, 5.41) is 8.45. The van der Waals surface area contributed by atoms with Crippen LogP contribution in [-0.2, 0) is 4.79 Å². The van der Waals surface area contributed by atoms with Crippen molar-refractivity contribution in [1.82, 2.24) is 0 Å². The highest BCUT2D eigenvalue weighted by atomic mass is 28.3. The van der Waals surface area contributed by atoms with Gasteiger partial charge in [0.1, 0.15) is 8.07 Å². The zero-order valence-electron chi connectivity index (χ0n) is 7.98. The Morgan fingerprint density at radius 2 is 2.00 bits per heavy atom. The van der Waals surface area contributed by atoms with Crippen molar-refractivity contribution < 1.29 is 9.90 Å². The van der Waals surface area contributed by atoms with E-state index in [1.54, 1.807) is 0 Å². The maximum Gasteiger partial charge on any atom is 0.204 e. The van der Waals surface area contributed by atoms with Crippen molar-refractivity contribution in [2.75, 3.05) is 6.61 Å². The van der Waals surface area contributed by atoms with Crippen LogP contribution in [0.5, 0.6) is 0 Å². The van der Waals surface area contributed by atoms with Gasteiger partial charge in [-0.25, -0.2) is 0 Å². The number of rotatable bonds is 3. The minimum absolute atomic E-state index is 0.0496. The van der Waals surface area contributed by atoms with Gasteiger partial charge in [0.15, 0.2) is 0 Å². The molecule has 0 aliphatic rings. The molecule has 12 heavy (non-hydrogen) atoms. The van der Waals surface area contributed by atoms with E-state index in [2.05, 4.69) is 31.1 Å². The highest BCUT2D eigenvalue weighted by Crippen LogP contribution is 1.97. The Hall–Kier alpha value is -0.593. The van der Waals surface area contributed by atoms with Gasteiger partial charge in [-0.3, -0.25) is 4.79 Å². The first-order valence-corrected chi connectivity index (χ1v) is 7.62. The Morgan fingerprint density at radius 1 is 1.42 bits per heavy atom. The fourth-order valence-corrected chi connectivity index (χ4v) is 1.07. The van der Waals surface area contributed by atoms with E-state index in [4.69, 9.17) is 5.11 Å². The van der Waals surface area contributed by atoms with Crippen LogP contribution in [0.4, 0.5) is 0 Å². The van der Waals surface area contributed by atoms with Gasteiger partial charge < -0.3 is 5.11 Å². The predicted molar refractivity (Wildman–Crippen MR) is 52.4 cm³/mol. The molecule has 2 nitrogen and oxygen atoms in total. The summed E-state index contributed by atoms with van der Waals surface area (Å²) in [6, 6.07) is 0.